The summed E-state index contributed by atoms with van der Waals surface area (Å²) >= 11 is 0. The van der Waals surface area contributed by atoms with Crippen molar-refractivity contribution < 1.29 is 89.3 Å². The smallest absolute Gasteiger partial charge is 0.459 e. The molecule has 0 aliphatic carbocycles. The van der Waals surface area contributed by atoms with Crippen molar-refractivity contribution in [2.45, 2.75) is 47.6 Å². The second-order valence-corrected chi connectivity index (χ2v) is 5.38. The highest BCUT2D eigenvalue weighted by Gasteiger charge is 2.95. The van der Waals surface area contributed by atoms with Gasteiger partial charge >= 0.3 is 53.6 Å². The van der Waals surface area contributed by atoms with E-state index in [0.29, 0.717) is 0 Å². The molecule has 0 fully saturated rings. The van der Waals surface area contributed by atoms with Gasteiger partial charge in [0, 0.05) is 0 Å². The quantitative estimate of drug-likeness (QED) is 0.368. The zero-order valence-corrected chi connectivity index (χ0v) is 13.6. The molecule has 0 amide bonds. The van der Waals surface area contributed by atoms with Gasteiger partial charge in [0.2, 0.25) is 0 Å². The minimum absolute atomic E-state index is 1.48. The van der Waals surface area contributed by atoms with Crippen LogP contribution in [0.3, 0.4) is 0 Å². The topological polar surface area (TPSA) is 46.5 Å². The number of aliphatic hydroxyl groups is 1. The molecule has 0 rings (SSSR count). The zero-order valence-electron chi connectivity index (χ0n) is 13.6. The fraction of sp³-hybridized carbons (Fsp3) is 0.909. The molecule has 20 heteroatoms. The number of alkyl halides is 17. The van der Waals surface area contributed by atoms with Crippen LogP contribution in [-0.4, -0.2) is 71.9 Å². The van der Waals surface area contributed by atoms with Crippen LogP contribution in [0, 0.1) is 0 Å². The van der Waals surface area contributed by atoms with E-state index in [1.165, 1.54) is 0 Å². The first-order valence-corrected chi connectivity index (χ1v) is 6.73. The molecule has 0 saturated carbocycles. The fourth-order valence-electron chi connectivity index (χ4n) is 1.52. The van der Waals surface area contributed by atoms with Crippen molar-refractivity contribution in [3.05, 3.63) is 0 Å². The molecule has 0 unspecified atom stereocenters. The predicted molar refractivity (Wildman–Crippen MR) is 58.7 cm³/mol. The lowest BCUT2D eigenvalue weighted by Crippen LogP contribution is -2.75. The number of halogens is 17. The average Bonchev–Trinajstić information content (AvgIpc) is 2.57. The minimum atomic E-state index is -8.77. The number of esters is 1. The van der Waals surface area contributed by atoms with Gasteiger partial charge in [-0.15, -0.1) is 0 Å². The molecule has 0 atom stereocenters. The summed E-state index contributed by atoms with van der Waals surface area (Å²) < 4.78 is 222. The summed E-state index contributed by atoms with van der Waals surface area (Å²) in [7, 11) is 0. The molecule has 0 bridgehead atoms. The Kier molecular flexibility index (Phi) is 7.24. The number of rotatable bonds is 9. The van der Waals surface area contributed by atoms with E-state index in [9.17, 15) is 79.4 Å². The van der Waals surface area contributed by atoms with Crippen molar-refractivity contribution in [3.8, 4) is 0 Å². The van der Waals surface area contributed by atoms with Crippen LogP contribution in [0.2, 0.25) is 0 Å². The Labute approximate surface area is 157 Å². The monoisotopic (exact) mass is 508 g/mol. The second kappa shape index (κ2) is 7.68. The SMILES string of the molecule is O=C(OCCO)C(F)(F)C(F)(F)C(F)(F)C(F)(F)C(F)(F)C(F)(F)C(F)(F)C(F)(F)F. The van der Waals surface area contributed by atoms with Crippen molar-refractivity contribution in [1.29, 1.82) is 0 Å². The Morgan fingerprint density at radius 1 is 0.548 bits per heavy atom. The average molecular weight is 508 g/mol. The Morgan fingerprint density at radius 2 is 0.839 bits per heavy atom. The highest BCUT2D eigenvalue weighted by Crippen LogP contribution is 2.63. The molecule has 0 saturated heterocycles. The van der Waals surface area contributed by atoms with Crippen LogP contribution in [0.15, 0.2) is 0 Å². The molecule has 0 heterocycles. The summed E-state index contributed by atoms with van der Waals surface area (Å²) in [5.41, 5.74) is 0. The van der Waals surface area contributed by atoms with Crippen LogP contribution in [0.1, 0.15) is 0 Å². The lowest BCUT2D eigenvalue weighted by Gasteiger charge is -2.42. The van der Waals surface area contributed by atoms with E-state index >= 15 is 0 Å². The molecule has 1 N–H and O–H groups in total. The van der Waals surface area contributed by atoms with Crippen molar-refractivity contribution in [2.75, 3.05) is 13.2 Å². The zero-order chi connectivity index (χ0) is 25.7. The van der Waals surface area contributed by atoms with Gasteiger partial charge in [0.05, 0.1) is 6.61 Å². The summed E-state index contributed by atoms with van der Waals surface area (Å²) in [5.74, 6) is -62.3. The predicted octanol–water partition coefficient (Wildman–Crippen LogP) is 4.53. The first-order valence-electron chi connectivity index (χ1n) is 6.73. The first kappa shape index (κ1) is 29.2. The molecule has 3 nitrogen and oxygen atoms in total. The van der Waals surface area contributed by atoms with E-state index in [-0.39, 0.29) is 0 Å². The Bertz CT molecular complexity index is 665. The third kappa shape index (κ3) is 3.83. The number of carbonyl (C=O) groups excluding carboxylic acids is 1. The van der Waals surface area contributed by atoms with Gasteiger partial charge in [-0.1, -0.05) is 0 Å². The first-order chi connectivity index (χ1) is 13.2. The van der Waals surface area contributed by atoms with Crippen LogP contribution >= 0.6 is 0 Å². The number of ether oxygens (including phenoxy) is 1. The number of hydrogen-bond donors (Lipinski definition) is 1. The molecule has 0 aliphatic rings. The van der Waals surface area contributed by atoms with Crippen LogP contribution in [0.5, 0.6) is 0 Å². The molecule has 31 heavy (non-hydrogen) atoms. The maximum Gasteiger partial charge on any atom is 0.460 e. The normalized spacial score (nSPS) is 15.8. The number of aliphatic hydroxyl groups excluding tert-OH is 1. The Balaban J connectivity index is 6.66. The van der Waals surface area contributed by atoms with Crippen molar-refractivity contribution >= 4 is 5.97 Å². The van der Waals surface area contributed by atoms with Crippen LogP contribution in [-0.2, 0) is 9.53 Å². The molecule has 0 aromatic carbocycles. The number of carbonyl (C=O) groups is 1. The van der Waals surface area contributed by atoms with Gasteiger partial charge in [0.1, 0.15) is 6.61 Å². The van der Waals surface area contributed by atoms with Gasteiger partial charge in [-0.3, -0.25) is 0 Å². The molecule has 0 aromatic rings. The van der Waals surface area contributed by atoms with E-state index in [1.807, 2.05) is 0 Å². The highest BCUT2D eigenvalue weighted by molar-refractivity contribution is 5.79. The fourth-order valence-corrected chi connectivity index (χ4v) is 1.52. The van der Waals surface area contributed by atoms with E-state index in [2.05, 4.69) is 4.74 Å². The van der Waals surface area contributed by atoms with Gasteiger partial charge in [0.15, 0.2) is 0 Å². The van der Waals surface area contributed by atoms with Crippen LogP contribution < -0.4 is 0 Å². The van der Waals surface area contributed by atoms with Crippen LogP contribution in [0.4, 0.5) is 74.6 Å². The third-order valence-corrected chi connectivity index (χ3v) is 3.30. The summed E-state index contributed by atoms with van der Waals surface area (Å²) in [6.07, 6.45) is -7.84. The minimum Gasteiger partial charge on any atom is -0.459 e. The van der Waals surface area contributed by atoms with Gasteiger partial charge in [-0.2, -0.15) is 74.6 Å². The standard InChI is InChI=1S/C11H5F17O3/c12-4(13,3(30)31-2-1-29)5(14,15)6(16,17)7(18,19)8(20,21)9(22,23)10(24,25)11(26,27)28/h29H,1-2H2. The number of hydrogen-bond acceptors (Lipinski definition) is 3. The maximum atomic E-state index is 13.3. The molecule has 0 radical (unpaired) electrons. The van der Waals surface area contributed by atoms with Gasteiger partial charge in [0.25, 0.3) is 0 Å². The molecule has 0 aromatic heterocycles. The molecule has 0 spiro atoms. The lowest BCUT2D eigenvalue weighted by atomic mass is 9.89. The van der Waals surface area contributed by atoms with Gasteiger partial charge < -0.3 is 9.84 Å². The highest BCUT2D eigenvalue weighted by atomic mass is 19.4. The summed E-state index contributed by atoms with van der Waals surface area (Å²) in [4.78, 5) is 10.6. The van der Waals surface area contributed by atoms with E-state index in [1.54, 1.807) is 0 Å². The largest absolute Gasteiger partial charge is 0.460 e. The summed E-state index contributed by atoms with van der Waals surface area (Å²) in [6, 6.07) is 0. The van der Waals surface area contributed by atoms with E-state index in [4.69, 9.17) is 5.11 Å². The van der Waals surface area contributed by atoms with Crippen molar-refractivity contribution in [2.24, 2.45) is 0 Å². The van der Waals surface area contributed by atoms with Gasteiger partial charge in [-0.25, -0.2) is 4.79 Å². The lowest BCUT2D eigenvalue weighted by molar-refractivity contribution is -0.460. The molecule has 0 aliphatic heterocycles. The van der Waals surface area contributed by atoms with Crippen LogP contribution in [0.25, 0.3) is 0 Å². The Hall–Kier alpha value is -1.76. The second-order valence-electron chi connectivity index (χ2n) is 5.38. The van der Waals surface area contributed by atoms with Crippen molar-refractivity contribution in [3.63, 3.8) is 0 Å². The molecular weight excluding hydrogens is 503 g/mol. The van der Waals surface area contributed by atoms with Crippen molar-refractivity contribution in [1.82, 2.24) is 0 Å². The molecule has 186 valence electrons. The summed E-state index contributed by atoms with van der Waals surface area (Å²) in [6.45, 7) is -3.17. The van der Waals surface area contributed by atoms with E-state index in [0.717, 1.165) is 0 Å². The molecular formula is C11H5F17O3. The third-order valence-electron chi connectivity index (χ3n) is 3.30. The Morgan fingerprint density at radius 3 is 1.13 bits per heavy atom. The van der Waals surface area contributed by atoms with Gasteiger partial charge in [-0.05, 0) is 0 Å². The van der Waals surface area contributed by atoms with E-state index < -0.39 is 66.8 Å². The summed E-state index contributed by atoms with van der Waals surface area (Å²) in [5, 5.41) is 8.09. The maximum absolute atomic E-state index is 13.3.